The van der Waals surface area contributed by atoms with E-state index in [0.717, 1.165) is 32.1 Å². The first-order valence-electron chi connectivity index (χ1n) is 10.9. The molecule has 2 amide bonds. The number of carboxylic acids is 1. The number of esters is 1. The van der Waals surface area contributed by atoms with Gasteiger partial charge in [0.2, 0.25) is 0 Å². The van der Waals surface area contributed by atoms with Crippen molar-refractivity contribution < 1.29 is 38.5 Å². The first-order chi connectivity index (χ1) is 14.5. The molecule has 31 heavy (non-hydrogen) atoms. The summed E-state index contributed by atoms with van der Waals surface area (Å²) in [6, 6.07) is -1.31. The van der Waals surface area contributed by atoms with Crippen LogP contribution in [0, 0.1) is 17.8 Å². The van der Waals surface area contributed by atoms with E-state index in [-0.39, 0.29) is 19.3 Å². The summed E-state index contributed by atoms with van der Waals surface area (Å²) in [4.78, 5) is 48.4. The van der Waals surface area contributed by atoms with Gasteiger partial charge in [0.05, 0.1) is 19.1 Å². The van der Waals surface area contributed by atoms with Gasteiger partial charge in [0.1, 0.15) is 11.6 Å². The van der Waals surface area contributed by atoms with Crippen LogP contribution in [-0.2, 0) is 23.8 Å². The summed E-state index contributed by atoms with van der Waals surface area (Å²) >= 11 is 0. The predicted molar refractivity (Wildman–Crippen MR) is 109 cm³/mol. The van der Waals surface area contributed by atoms with E-state index < -0.39 is 53.5 Å². The van der Waals surface area contributed by atoms with E-state index >= 15 is 0 Å². The summed E-state index contributed by atoms with van der Waals surface area (Å²) in [6.07, 6.45) is 3.56. The van der Waals surface area contributed by atoms with Gasteiger partial charge in [-0.1, -0.05) is 19.3 Å². The molecular weight excluding hydrogens is 408 g/mol. The second-order valence-electron chi connectivity index (χ2n) is 9.06. The van der Waals surface area contributed by atoms with Crippen molar-refractivity contribution in [1.82, 2.24) is 10.6 Å². The second-order valence-corrected chi connectivity index (χ2v) is 9.06. The van der Waals surface area contributed by atoms with Crippen LogP contribution in [0.4, 0.5) is 9.59 Å². The number of carbonyl (C=O) groups is 4. The molecule has 10 heteroatoms. The number of nitrogens with one attached hydrogen (secondary N) is 2. The molecule has 0 aromatic heterocycles. The minimum absolute atomic E-state index is 0.0673. The highest BCUT2D eigenvalue weighted by molar-refractivity contribution is 5.84. The van der Waals surface area contributed by atoms with Crippen LogP contribution in [0.1, 0.15) is 59.8 Å². The Labute approximate surface area is 182 Å². The predicted octanol–water partition coefficient (Wildman–Crippen LogP) is 2.45. The third kappa shape index (κ3) is 7.59. The number of ether oxygens (including phenoxy) is 3. The Balaban J connectivity index is 1.99. The lowest BCUT2D eigenvalue weighted by Gasteiger charge is -2.22. The van der Waals surface area contributed by atoms with Gasteiger partial charge in [-0.2, -0.15) is 0 Å². The number of carboxylic acid groups (broad SMARTS) is 1. The topological polar surface area (TPSA) is 140 Å². The van der Waals surface area contributed by atoms with Crippen molar-refractivity contribution in [3.63, 3.8) is 0 Å². The zero-order valence-electron chi connectivity index (χ0n) is 18.6. The normalized spacial score (nSPS) is 24.5. The van der Waals surface area contributed by atoms with E-state index in [0.29, 0.717) is 0 Å². The molecule has 4 atom stereocenters. The molecule has 10 nitrogen and oxygen atoms in total. The summed E-state index contributed by atoms with van der Waals surface area (Å²) in [5.41, 5.74) is -0.809. The lowest BCUT2D eigenvalue weighted by molar-refractivity contribution is -0.146. The molecule has 0 aliphatic heterocycles. The van der Waals surface area contributed by atoms with Gasteiger partial charge in [0, 0.05) is 17.9 Å². The molecule has 0 bridgehead atoms. The maximum atomic E-state index is 12.3. The van der Waals surface area contributed by atoms with Crippen LogP contribution in [-0.4, -0.2) is 60.1 Å². The molecule has 0 spiro atoms. The highest BCUT2D eigenvalue weighted by Crippen LogP contribution is 2.49. The SMILES string of the molecule is CCOC(=O)C1C(COC(=O)NC2CCCCC2)C1C(NC(=O)OC(C)(C)C)C(=O)O. The highest BCUT2D eigenvalue weighted by atomic mass is 16.6. The summed E-state index contributed by atoms with van der Waals surface area (Å²) in [7, 11) is 0. The first kappa shape index (κ1) is 24.7. The third-order valence-electron chi connectivity index (χ3n) is 5.45. The summed E-state index contributed by atoms with van der Waals surface area (Å²) in [5, 5.41) is 14.8. The van der Waals surface area contributed by atoms with Crippen molar-refractivity contribution in [2.75, 3.05) is 13.2 Å². The zero-order chi connectivity index (χ0) is 23.2. The smallest absolute Gasteiger partial charge is 0.408 e. The van der Waals surface area contributed by atoms with E-state index in [4.69, 9.17) is 14.2 Å². The van der Waals surface area contributed by atoms with E-state index in [2.05, 4.69) is 10.6 Å². The van der Waals surface area contributed by atoms with Crippen LogP contribution >= 0.6 is 0 Å². The largest absolute Gasteiger partial charge is 0.480 e. The molecule has 0 radical (unpaired) electrons. The molecule has 2 aliphatic rings. The Morgan fingerprint density at radius 3 is 2.23 bits per heavy atom. The van der Waals surface area contributed by atoms with E-state index in [9.17, 15) is 24.3 Å². The van der Waals surface area contributed by atoms with Crippen LogP contribution in [0.5, 0.6) is 0 Å². The Morgan fingerprint density at radius 2 is 1.68 bits per heavy atom. The average molecular weight is 443 g/mol. The van der Waals surface area contributed by atoms with Gasteiger partial charge in [-0.05, 0) is 40.5 Å². The molecule has 4 unspecified atom stereocenters. The van der Waals surface area contributed by atoms with Crippen molar-refractivity contribution in [3.05, 3.63) is 0 Å². The molecule has 0 heterocycles. The van der Waals surface area contributed by atoms with Crippen LogP contribution in [0.25, 0.3) is 0 Å². The number of carbonyl (C=O) groups excluding carboxylic acids is 3. The highest BCUT2D eigenvalue weighted by Gasteiger charge is 2.62. The Bertz CT molecular complexity index is 669. The molecule has 3 N–H and O–H groups in total. The quantitative estimate of drug-likeness (QED) is 0.385. The standard InChI is InChI=1S/C21H34N2O8/c1-5-29-18(26)15-13(11-30-19(27)22-12-9-7-6-8-10-12)14(15)16(17(24)25)23-20(28)31-21(2,3)4/h12-16H,5-11H2,1-4H3,(H,22,27)(H,23,28)(H,24,25). The van der Waals surface area contributed by atoms with Gasteiger partial charge in [-0.3, -0.25) is 4.79 Å². The van der Waals surface area contributed by atoms with Gasteiger partial charge in [0.15, 0.2) is 0 Å². The van der Waals surface area contributed by atoms with E-state index in [1.165, 1.54) is 0 Å². The number of hydrogen-bond donors (Lipinski definition) is 3. The first-order valence-corrected chi connectivity index (χ1v) is 10.9. The fraction of sp³-hybridized carbons (Fsp3) is 0.810. The Kier molecular flexibility index (Phi) is 8.52. The fourth-order valence-corrected chi connectivity index (χ4v) is 4.02. The van der Waals surface area contributed by atoms with E-state index in [1.807, 2.05) is 0 Å². The van der Waals surface area contributed by atoms with Crippen LogP contribution in [0.15, 0.2) is 0 Å². The average Bonchev–Trinajstić information content (AvgIpc) is 3.38. The summed E-state index contributed by atoms with van der Waals surface area (Å²) < 4.78 is 15.4. The van der Waals surface area contributed by atoms with Crippen LogP contribution in [0.2, 0.25) is 0 Å². The lowest BCUT2D eigenvalue weighted by Crippen LogP contribution is -2.45. The Hall–Kier alpha value is -2.52. The summed E-state index contributed by atoms with van der Waals surface area (Å²) in [6.45, 7) is 6.60. The van der Waals surface area contributed by atoms with Crippen molar-refractivity contribution in [3.8, 4) is 0 Å². The maximum absolute atomic E-state index is 12.3. The second kappa shape index (κ2) is 10.7. The van der Waals surface area contributed by atoms with E-state index in [1.54, 1.807) is 27.7 Å². The lowest BCUT2D eigenvalue weighted by atomic mass is 9.96. The maximum Gasteiger partial charge on any atom is 0.408 e. The van der Waals surface area contributed by atoms with Crippen molar-refractivity contribution >= 4 is 24.1 Å². The third-order valence-corrected chi connectivity index (χ3v) is 5.45. The van der Waals surface area contributed by atoms with Crippen LogP contribution < -0.4 is 10.6 Å². The monoisotopic (exact) mass is 442 g/mol. The molecule has 2 fully saturated rings. The van der Waals surface area contributed by atoms with Gasteiger partial charge >= 0.3 is 24.1 Å². The molecule has 2 aliphatic carbocycles. The molecule has 176 valence electrons. The fourth-order valence-electron chi connectivity index (χ4n) is 4.02. The minimum atomic E-state index is -1.38. The number of hydrogen-bond acceptors (Lipinski definition) is 7. The number of aliphatic carboxylic acids is 1. The molecule has 2 rings (SSSR count). The zero-order valence-corrected chi connectivity index (χ0v) is 18.6. The molecule has 0 aromatic rings. The summed E-state index contributed by atoms with van der Waals surface area (Å²) in [5.74, 6) is -4.03. The van der Waals surface area contributed by atoms with Crippen molar-refractivity contribution in [2.24, 2.45) is 17.8 Å². The Morgan fingerprint density at radius 1 is 1.03 bits per heavy atom. The van der Waals surface area contributed by atoms with Crippen LogP contribution in [0.3, 0.4) is 0 Å². The molecular formula is C21H34N2O8. The minimum Gasteiger partial charge on any atom is -0.480 e. The van der Waals surface area contributed by atoms with Crippen molar-refractivity contribution in [2.45, 2.75) is 77.5 Å². The number of rotatable bonds is 8. The number of alkyl carbamates (subject to hydrolysis) is 2. The van der Waals surface area contributed by atoms with Gasteiger partial charge in [-0.25, -0.2) is 14.4 Å². The van der Waals surface area contributed by atoms with Gasteiger partial charge in [0.25, 0.3) is 0 Å². The molecule has 0 aromatic carbocycles. The van der Waals surface area contributed by atoms with Crippen molar-refractivity contribution in [1.29, 1.82) is 0 Å². The number of amides is 2. The van der Waals surface area contributed by atoms with Gasteiger partial charge < -0.3 is 30.0 Å². The molecule has 0 saturated heterocycles. The molecule has 2 saturated carbocycles. The van der Waals surface area contributed by atoms with Gasteiger partial charge in [-0.15, -0.1) is 0 Å².